The third kappa shape index (κ3) is 7.67. The molecule has 3 aromatic heterocycles. The van der Waals surface area contributed by atoms with E-state index >= 15 is 8.78 Å². The standard InChI is InChI=1S/C43H50F2N10O6S/c1-27-24-31(11-12-32(27)47-41-46-25-28-10-15-37(57)54(39(28)49-41)30-6-3-4-7-30)62(60,61)53-18-16-29(17-19-53)43(44,45)26-51-20-22-52(23-21-51)33-8-5-9-34-38(33)50(2)42(59)55(34)35-13-14-36(56)48-40(35)58/h5,8-12,15,24-25,29-30,35H,3-4,6-7,13-14,16-23,26H2,1-2H3,(H,46,47,49)(H,48,56,58). The third-order valence-corrected chi connectivity index (χ3v) is 15.1. The molecule has 1 saturated carbocycles. The van der Waals surface area contributed by atoms with Crippen LogP contribution in [0.2, 0.25) is 0 Å². The third-order valence-electron chi connectivity index (χ3n) is 13.2. The molecule has 4 fully saturated rings. The maximum Gasteiger partial charge on any atom is 0.329 e. The first-order chi connectivity index (χ1) is 29.7. The van der Waals surface area contributed by atoms with Crippen molar-refractivity contribution in [2.45, 2.75) is 81.2 Å². The number of nitrogens with one attached hydrogen (secondary N) is 2. The number of benzene rings is 2. The lowest BCUT2D eigenvalue weighted by atomic mass is 9.91. The first-order valence-electron chi connectivity index (χ1n) is 21.3. The zero-order valence-electron chi connectivity index (χ0n) is 34.7. The minimum Gasteiger partial charge on any atom is -0.367 e. The lowest BCUT2D eigenvalue weighted by Gasteiger charge is -2.40. The van der Waals surface area contributed by atoms with Gasteiger partial charge in [-0.1, -0.05) is 18.9 Å². The van der Waals surface area contributed by atoms with E-state index in [1.165, 1.54) is 19.5 Å². The molecule has 3 aliphatic heterocycles. The second-order valence-corrected chi connectivity index (χ2v) is 19.0. The zero-order valence-corrected chi connectivity index (χ0v) is 35.5. The second-order valence-electron chi connectivity index (χ2n) is 17.1. The molecule has 1 atom stereocenters. The van der Waals surface area contributed by atoms with Gasteiger partial charge < -0.3 is 10.2 Å². The van der Waals surface area contributed by atoms with Crippen LogP contribution < -0.4 is 26.8 Å². The van der Waals surface area contributed by atoms with Crippen LogP contribution in [0.1, 0.15) is 69.0 Å². The Morgan fingerprint density at radius 2 is 1.63 bits per heavy atom. The summed E-state index contributed by atoms with van der Waals surface area (Å²) in [5.41, 5.74) is 3.26. The Kier molecular flexibility index (Phi) is 11.0. The molecule has 2 aromatic carbocycles. The van der Waals surface area contributed by atoms with Crippen molar-refractivity contribution in [3.63, 3.8) is 0 Å². The van der Waals surface area contributed by atoms with E-state index in [0.29, 0.717) is 54.1 Å². The Balaban J connectivity index is 0.812. The Hall–Kier alpha value is -5.53. The fourth-order valence-electron chi connectivity index (χ4n) is 9.82. The van der Waals surface area contributed by atoms with Gasteiger partial charge in [-0.25, -0.2) is 27.0 Å². The summed E-state index contributed by atoms with van der Waals surface area (Å²) in [5.74, 6) is -4.62. The van der Waals surface area contributed by atoms with Gasteiger partial charge in [-0.3, -0.25) is 38.3 Å². The highest BCUT2D eigenvalue weighted by atomic mass is 32.2. The van der Waals surface area contributed by atoms with Crippen LogP contribution in [-0.2, 0) is 26.7 Å². The molecule has 0 bridgehead atoms. The number of anilines is 3. The van der Waals surface area contributed by atoms with Gasteiger partial charge in [0, 0.05) is 88.0 Å². The topological polar surface area (TPSA) is 177 Å². The number of imide groups is 1. The van der Waals surface area contributed by atoms with Crippen LogP contribution in [0.5, 0.6) is 0 Å². The minimum atomic E-state index is -3.96. The number of hydrogen-bond donors (Lipinski definition) is 2. The average molecular weight is 873 g/mol. The van der Waals surface area contributed by atoms with E-state index in [9.17, 15) is 27.6 Å². The normalized spacial score (nSPS) is 20.4. The van der Waals surface area contributed by atoms with Crippen LogP contribution in [0.4, 0.5) is 26.1 Å². The SMILES string of the molecule is Cc1cc(S(=O)(=O)N2CCC(C(F)(F)CN3CCN(c4cccc5c4n(C)c(=O)n5C4CCC(=O)NC4=O)CC3)CC2)ccc1Nc1ncc2ccc(=O)n(C3CCCC3)c2n1. The number of hydrogen-bond acceptors (Lipinski definition) is 11. The smallest absolute Gasteiger partial charge is 0.329 e. The van der Waals surface area contributed by atoms with Crippen LogP contribution in [0, 0.1) is 12.8 Å². The number of fused-ring (bicyclic) bond motifs is 2. The summed E-state index contributed by atoms with van der Waals surface area (Å²) in [6.07, 6.45) is 6.02. The highest BCUT2D eigenvalue weighted by molar-refractivity contribution is 7.89. The lowest BCUT2D eigenvalue weighted by molar-refractivity contribution is -0.135. The van der Waals surface area contributed by atoms with E-state index in [1.54, 1.807) is 66.0 Å². The number of aryl methyl sites for hydroxylation is 2. The van der Waals surface area contributed by atoms with Gasteiger partial charge in [0.1, 0.15) is 11.7 Å². The summed E-state index contributed by atoms with van der Waals surface area (Å²) < 4.78 is 65.4. The monoisotopic (exact) mass is 872 g/mol. The number of aromatic nitrogens is 5. The number of sulfonamides is 1. The highest BCUT2D eigenvalue weighted by Gasteiger charge is 2.44. The van der Waals surface area contributed by atoms with Gasteiger partial charge in [-0.15, -0.1) is 0 Å². The van der Waals surface area contributed by atoms with Gasteiger partial charge in [0.15, 0.2) is 0 Å². The molecule has 62 heavy (non-hydrogen) atoms. The summed E-state index contributed by atoms with van der Waals surface area (Å²) in [6, 6.07) is 12.7. The van der Waals surface area contributed by atoms with E-state index < -0.39 is 40.4 Å². The molecule has 0 radical (unpaired) electrons. The number of rotatable bonds is 10. The van der Waals surface area contributed by atoms with Crippen molar-refractivity contribution in [2.24, 2.45) is 13.0 Å². The molecular weight excluding hydrogens is 823 g/mol. The van der Waals surface area contributed by atoms with Gasteiger partial charge in [0.2, 0.25) is 27.8 Å². The number of carbonyl (C=O) groups is 2. The molecule has 5 aromatic rings. The number of halogens is 2. The summed E-state index contributed by atoms with van der Waals surface area (Å²) in [6.45, 7) is 2.88. The number of pyridine rings is 1. The van der Waals surface area contributed by atoms with E-state index in [2.05, 4.69) is 20.5 Å². The maximum atomic E-state index is 15.9. The number of imidazole rings is 1. The van der Waals surface area contributed by atoms with Crippen molar-refractivity contribution in [3.8, 4) is 0 Å². The van der Waals surface area contributed by atoms with Crippen molar-refractivity contribution in [1.29, 1.82) is 0 Å². The highest BCUT2D eigenvalue weighted by Crippen LogP contribution is 2.37. The van der Waals surface area contributed by atoms with Gasteiger partial charge in [0.25, 0.3) is 11.5 Å². The van der Waals surface area contributed by atoms with E-state index in [0.717, 1.165) is 36.8 Å². The summed E-state index contributed by atoms with van der Waals surface area (Å²) in [7, 11) is -2.33. The molecule has 2 N–H and O–H groups in total. The molecule has 6 heterocycles. The molecule has 16 nitrogen and oxygen atoms in total. The predicted octanol–water partition coefficient (Wildman–Crippen LogP) is 4.45. The van der Waals surface area contributed by atoms with Gasteiger partial charge in [0.05, 0.1) is 28.2 Å². The minimum absolute atomic E-state index is 0.0236. The molecule has 3 saturated heterocycles. The number of amides is 2. The van der Waals surface area contributed by atoms with Crippen molar-refractivity contribution in [3.05, 3.63) is 81.1 Å². The van der Waals surface area contributed by atoms with Gasteiger partial charge >= 0.3 is 5.69 Å². The summed E-state index contributed by atoms with van der Waals surface area (Å²) in [4.78, 5) is 63.7. The van der Waals surface area contributed by atoms with E-state index in [4.69, 9.17) is 4.98 Å². The van der Waals surface area contributed by atoms with Crippen LogP contribution >= 0.6 is 0 Å². The number of piperazine rings is 1. The Bertz CT molecular complexity index is 2800. The molecule has 2 amide bonds. The van der Waals surface area contributed by atoms with Crippen molar-refractivity contribution < 1.29 is 26.8 Å². The Morgan fingerprint density at radius 1 is 0.887 bits per heavy atom. The van der Waals surface area contributed by atoms with Crippen LogP contribution in [0.25, 0.3) is 22.1 Å². The molecular formula is C43H50F2N10O6S. The fraction of sp³-hybridized carbons (Fsp3) is 0.488. The van der Waals surface area contributed by atoms with E-state index in [-0.39, 0.29) is 72.8 Å². The summed E-state index contributed by atoms with van der Waals surface area (Å²) >= 11 is 0. The molecule has 4 aliphatic rings. The van der Waals surface area contributed by atoms with Crippen LogP contribution in [0.15, 0.2) is 69.2 Å². The molecule has 9 rings (SSSR count). The second kappa shape index (κ2) is 16.3. The molecule has 1 aliphatic carbocycles. The fourth-order valence-corrected chi connectivity index (χ4v) is 11.4. The largest absolute Gasteiger partial charge is 0.367 e. The van der Waals surface area contributed by atoms with Crippen molar-refractivity contribution in [2.75, 3.05) is 56.0 Å². The van der Waals surface area contributed by atoms with Gasteiger partial charge in [-0.2, -0.15) is 9.29 Å². The molecule has 0 spiro atoms. The first kappa shape index (κ1) is 41.8. The number of alkyl halides is 2. The molecule has 328 valence electrons. The zero-order chi connectivity index (χ0) is 43.5. The number of para-hydroxylation sites is 1. The number of piperidine rings is 2. The number of nitrogens with zero attached hydrogens (tertiary/aromatic N) is 8. The number of carbonyl (C=O) groups excluding carboxylic acids is 2. The van der Waals surface area contributed by atoms with Crippen molar-refractivity contribution >= 4 is 61.2 Å². The van der Waals surface area contributed by atoms with Crippen LogP contribution in [-0.4, -0.2) is 105 Å². The quantitative estimate of drug-likeness (QED) is 0.190. The predicted molar refractivity (Wildman–Crippen MR) is 229 cm³/mol. The van der Waals surface area contributed by atoms with Gasteiger partial charge in [-0.05, 0) is 81.0 Å². The molecule has 1 unspecified atom stereocenters. The summed E-state index contributed by atoms with van der Waals surface area (Å²) in [5, 5.41) is 6.26. The first-order valence-corrected chi connectivity index (χ1v) is 22.8. The van der Waals surface area contributed by atoms with Crippen molar-refractivity contribution in [1.82, 2.24) is 38.2 Å². The molecule has 19 heteroatoms. The Morgan fingerprint density at radius 3 is 2.34 bits per heavy atom. The Labute approximate surface area is 356 Å². The lowest BCUT2D eigenvalue weighted by Crippen LogP contribution is -2.53. The van der Waals surface area contributed by atoms with E-state index in [1.807, 2.05) is 6.07 Å². The average Bonchev–Trinajstić information content (AvgIpc) is 3.88. The maximum absolute atomic E-state index is 15.9. The van der Waals surface area contributed by atoms with Crippen LogP contribution in [0.3, 0.4) is 0 Å².